The number of nitrogens with zero attached hydrogens (tertiary/aromatic N) is 1. The predicted molar refractivity (Wildman–Crippen MR) is 93.3 cm³/mol. The first-order valence-electron chi connectivity index (χ1n) is 7.58. The molecule has 4 rings (SSSR count). The average Bonchev–Trinajstić information content (AvgIpc) is 3.11. The Labute approximate surface area is 143 Å². The number of para-hydroxylation sites is 1. The zero-order chi connectivity index (χ0) is 16.7. The molecule has 0 aliphatic carbocycles. The van der Waals surface area contributed by atoms with Gasteiger partial charge in [0.25, 0.3) is 5.91 Å². The summed E-state index contributed by atoms with van der Waals surface area (Å²) < 4.78 is 0. The van der Waals surface area contributed by atoms with E-state index >= 15 is 0 Å². The average molecular weight is 340 g/mol. The minimum atomic E-state index is -0.576. The van der Waals surface area contributed by atoms with E-state index in [1.807, 2.05) is 30.5 Å². The number of aromatic amines is 1. The summed E-state index contributed by atoms with van der Waals surface area (Å²) in [6.07, 6.45) is 2.33. The van der Waals surface area contributed by atoms with Crippen molar-refractivity contribution in [3.05, 3.63) is 65.3 Å². The molecule has 1 aliphatic heterocycles. The molecule has 3 aromatic rings. The molecule has 1 saturated heterocycles. The number of anilines is 1. The standard InChI is InChI=1S/C18H14ClN3O2/c19-12-5-7-13(8-6-12)22-17(23)16(21-18(22)24)9-11-10-20-15-4-2-1-3-14(11)15/h1-8,10,16,20H,9H2,(H,21,24)/t16-/m1/s1. The zero-order valence-electron chi connectivity index (χ0n) is 12.6. The Morgan fingerprint density at radius 3 is 2.58 bits per heavy atom. The van der Waals surface area contributed by atoms with Gasteiger partial charge < -0.3 is 10.3 Å². The summed E-state index contributed by atoms with van der Waals surface area (Å²) >= 11 is 5.86. The van der Waals surface area contributed by atoms with Gasteiger partial charge in [-0.15, -0.1) is 0 Å². The molecule has 6 heteroatoms. The van der Waals surface area contributed by atoms with Crippen LogP contribution in [-0.2, 0) is 11.2 Å². The van der Waals surface area contributed by atoms with E-state index in [1.54, 1.807) is 24.3 Å². The van der Waals surface area contributed by atoms with Gasteiger partial charge in [0, 0.05) is 28.5 Å². The number of H-pyrrole nitrogens is 1. The zero-order valence-corrected chi connectivity index (χ0v) is 13.4. The van der Waals surface area contributed by atoms with Gasteiger partial charge in [-0.2, -0.15) is 0 Å². The lowest BCUT2D eigenvalue weighted by atomic mass is 10.0. The quantitative estimate of drug-likeness (QED) is 0.717. The third-order valence-corrected chi connectivity index (χ3v) is 4.46. The number of aromatic nitrogens is 1. The van der Waals surface area contributed by atoms with E-state index in [4.69, 9.17) is 11.6 Å². The summed E-state index contributed by atoms with van der Waals surface area (Å²) in [5.74, 6) is -0.257. The number of nitrogens with one attached hydrogen (secondary N) is 2. The van der Waals surface area contributed by atoms with Gasteiger partial charge in [-0.3, -0.25) is 4.79 Å². The molecule has 3 amide bonds. The number of hydrogen-bond acceptors (Lipinski definition) is 2. The number of urea groups is 1. The van der Waals surface area contributed by atoms with Gasteiger partial charge in [-0.1, -0.05) is 29.8 Å². The second-order valence-corrected chi connectivity index (χ2v) is 6.15. The van der Waals surface area contributed by atoms with E-state index in [1.165, 1.54) is 0 Å². The lowest BCUT2D eigenvalue weighted by Gasteiger charge is -2.13. The highest BCUT2D eigenvalue weighted by molar-refractivity contribution is 6.30. The van der Waals surface area contributed by atoms with E-state index in [9.17, 15) is 9.59 Å². The maximum absolute atomic E-state index is 12.7. The fourth-order valence-electron chi connectivity index (χ4n) is 3.02. The molecule has 1 aromatic heterocycles. The van der Waals surface area contributed by atoms with E-state index in [2.05, 4.69) is 10.3 Å². The summed E-state index contributed by atoms with van der Waals surface area (Å²) in [6.45, 7) is 0. The topological polar surface area (TPSA) is 65.2 Å². The van der Waals surface area contributed by atoms with Crippen LogP contribution in [0.3, 0.4) is 0 Å². The first-order valence-corrected chi connectivity index (χ1v) is 7.96. The SMILES string of the molecule is O=C1N[C@H](Cc2c[nH]c3ccccc23)C(=O)N1c1ccc(Cl)cc1. The van der Waals surface area contributed by atoms with E-state index in [-0.39, 0.29) is 5.91 Å². The molecule has 1 aliphatic rings. The number of fused-ring (bicyclic) bond motifs is 1. The van der Waals surface area contributed by atoms with E-state index in [0.717, 1.165) is 21.4 Å². The van der Waals surface area contributed by atoms with Gasteiger partial charge in [0.15, 0.2) is 0 Å². The lowest BCUT2D eigenvalue weighted by molar-refractivity contribution is -0.118. The number of halogens is 1. The number of rotatable bonds is 3. The van der Waals surface area contributed by atoms with Crippen LogP contribution in [0.15, 0.2) is 54.7 Å². The second kappa shape index (κ2) is 5.69. The summed E-state index contributed by atoms with van der Waals surface area (Å²) in [6, 6.07) is 13.5. The maximum Gasteiger partial charge on any atom is 0.329 e. The van der Waals surface area contributed by atoms with Crippen LogP contribution in [0.5, 0.6) is 0 Å². The molecular weight excluding hydrogens is 326 g/mol. The van der Waals surface area contributed by atoms with Gasteiger partial charge in [0.2, 0.25) is 0 Å². The largest absolute Gasteiger partial charge is 0.361 e. The van der Waals surface area contributed by atoms with Crippen LogP contribution >= 0.6 is 11.6 Å². The van der Waals surface area contributed by atoms with Crippen molar-refractivity contribution < 1.29 is 9.59 Å². The van der Waals surface area contributed by atoms with Gasteiger partial charge in [0.05, 0.1) is 5.69 Å². The summed E-state index contributed by atoms with van der Waals surface area (Å²) in [7, 11) is 0. The highest BCUT2D eigenvalue weighted by atomic mass is 35.5. The van der Waals surface area contributed by atoms with Crippen LogP contribution in [0.1, 0.15) is 5.56 Å². The summed E-state index contributed by atoms with van der Waals surface area (Å²) in [5, 5.41) is 4.38. The highest BCUT2D eigenvalue weighted by Gasteiger charge is 2.39. The Balaban J connectivity index is 1.60. The van der Waals surface area contributed by atoms with Crippen LogP contribution < -0.4 is 10.2 Å². The van der Waals surface area contributed by atoms with Crippen LogP contribution in [0.4, 0.5) is 10.5 Å². The molecule has 120 valence electrons. The van der Waals surface area contributed by atoms with Crippen LogP contribution in [0, 0.1) is 0 Å². The fraction of sp³-hybridized carbons (Fsp3) is 0.111. The van der Waals surface area contributed by atoms with Crippen molar-refractivity contribution in [3.63, 3.8) is 0 Å². The van der Waals surface area contributed by atoms with Gasteiger partial charge in [-0.25, -0.2) is 9.69 Å². The van der Waals surface area contributed by atoms with Crippen LogP contribution in [-0.4, -0.2) is 23.0 Å². The van der Waals surface area contributed by atoms with Crippen molar-refractivity contribution in [2.24, 2.45) is 0 Å². The minimum Gasteiger partial charge on any atom is -0.361 e. The molecule has 1 fully saturated rings. The molecule has 0 saturated carbocycles. The van der Waals surface area contributed by atoms with Crippen molar-refractivity contribution in [1.82, 2.24) is 10.3 Å². The van der Waals surface area contributed by atoms with Crippen molar-refractivity contribution in [1.29, 1.82) is 0 Å². The molecule has 2 heterocycles. The molecular formula is C18H14ClN3O2. The third-order valence-electron chi connectivity index (χ3n) is 4.20. The second-order valence-electron chi connectivity index (χ2n) is 5.72. The van der Waals surface area contributed by atoms with E-state index < -0.39 is 12.1 Å². The Morgan fingerprint density at radius 2 is 1.79 bits per heavy atom. The van der Waals surface area contributed by atoms with Crippen LogP contribution in [0.2, 0.25) is 5.02 Å². The monoisotopic (exact) mass is 339 g/mol. The van der Waals surface area contributed by atoms with Crippen molar-refractivity contribution in [3.8, 4) is 0 Å². The molecule has 0 unspecified atom stereocenters. The Kier molecular flexibility index (Phi) is 3.50. The number of benzene rings is 2. The third kappa shape index (κ3) is 2.43. The Hall–Kier alpha value is -2.79. The molecule has 0 bridgehead atoms. The number of amides is 3. The van der Waals surface area contributed by atoms with Crippen molar-refractivity contribution >= 4 is 40.1 Å². The Bertz CT molecular complexity index is 933. The Morgan fingerprint density at radius 1 is 1.04 bits per heavy atom. The molecule has 5 nitrogen and oxygen atoms in total. The van der Waals surface area contributed by atoms with Crippen LogP contribution in [0.25, 0.3) is 10.9 Å². The predicted octanol–water partition coefficient (Wildman–Crippen LogP) is 3.49. The summed E-state index contributed by atoms with van der Waals surface area (Å²) in [4.78, 5) is 29.2. The molecule has 1 atom stereocenters. The van der Waals surface area contributed by atoms with E-state index in [0.29, 0.717) is 17.1 Å². The first-order chi connectivity index (χ1) is 11.6. The molecule has 2 aromatic carbocycles. The molecule has 0 spiro atoms. The number of carbonyl (C=O) groups excluding carboxylic acids is 2. The number of imide groups is 1. The molecule has 2 N–H and O–H groups in total. The number of hydrogen-bond donors (Lipinski definition) is 2. The smallest absolute Gasteiger partial charge is 0.329 e. The highest BCUT2D eigenvalue weighted by Crippen LogP contribution is 2.25. The maximum atomic E-state index is 12.7. The molecule has 0 radical (unpaired) electrons. The number of carbonyl (C=O) groups is 2. The minimum absolute atomic E-state index is 0.257. The summed E-state index contributed by atoms with van der Waals surface area (Å²) in [5.41, 5.74) is 2.53. The first kappa shape index (κ1) is 14.8. The lowest BCUT2D eigenvalue weighted by Crippen LogP contribution is -2.32. The fourth-order valence-corrected chi connectivity index (χ4v) is 3.15. The van der Waals surface area contributed by atoms with Crippen molar-refractivity contribution in [2.75, 3.05) is 4.90 Å². The van der Waals surface area contributed by atoms with Gasteiger partial charge in [0.1, 0.15) is 6.04 Å². The molecule has 24 heavy (non-hydrogen) atoms. The normalized spacial score (nSPS) is 17.5. The van der Waals surface area contributed by atoms with Gasteiger partial charge >= 0.3 is 6.03 Å². The van der Waals surface area contributed by atoms with Crippen molar-refractivity contribution in [2.45, 2.75) is 12.5 Å². The van der Waals surface area contributed by atoms with Gasteiger partial charge in [-0.05, 0) is 35.9 Å².